The van der Waals surface area contributed by atoms with Gasteiger partial charge < -0.3 is 4.74 Å². The van der Waals surface area contributed by atoms with Crippen LogP contribution < -0.4 is 4.90 Å². The van der Waals surface area contributed by atoms with Crippen LogP contribution in [-0.2, 0) is 9.53 Å². The van der Waals surface area contributed by atoms with Crippen LogP contribution in [0.5, 0.6) is 0 Å². The Balaban J connectivity index is 1.37. The molecule has 2 aliphatic heterocycles. The molecule has 1 fully saturated rings. The van der Waals surface area contributed by atoms with Crippen LogP contribution in [0.15, 0.2) is 42.5 Å². The van der Waals surface area contributed by atoms with Crippen LogP contribution in [-0.4, -0.2) is 78.4 Å². The summed E-state index contributed by atoms with van der Waals surface area (Å²) in [7, 11) is 0. The zero-order valence-corrected chi connectivity index (χ0v) is 20.0. The van der Waals surface area contributed by atoms with Crippen molar-refractivity contribution in [2.24, 2.45) is 0 Å². The SMILES string of the molecule is O=C1c2ccccc2C(=O)N1CC(=O)N(CCCN1CCOCC1)c1nc2c(Cl)cccc2s1. The number of carbonyl (C=O) groups excluding carboxylic acids is 3. The third-order valence-electron chi connectivity index (χ3n) is 6.02. The van der Waals surface area contributed by atoms with Crippen LogP contribution >= 0.6 is 22.9 Å². The number of imide groups is 1. The number of thiazole rings is 1. The molecule has 3 aromatic rings. The number of hydrogen-bond acceptors (Lipinski definition) is 7. The molecule has 0 unspecified atom stereocenters. The maximum atomic E-state index is 13.5. The number of carbonyl (C=O) groups is 3. The Morgan fingerprint density at radius 1 is 1.06 bits per heavy atom. The van der Waals surface area contributed by atoms with Gasteiger partial charge in [-0.15, -0.1) is 0 Å². The van der Waals surface area contributed by atoms with Crippen LogP contribution in [0.4, 0.5) is 5.13 Å². The van der Waals surface area contributed by atoms with E-state index in [1.54, 1.807) is 35.2 Å². The molecule has 1 aromatic heterocycles. The standard InChI is InChI=1S/C24H23ClN4O4S/c25-18-7-3-8-19-21(18)26-24(34-19)28(10-4-9-27-11-13-33-14-12-27)20(30)15-29-22(31)16-5-1-2-6-17(16)23(29)32/h1-3,5-8H,4,9-15H2. The molecule has 3 heterocycles. The van der Waals surface area contributed by atoms with Gasteiger partial charge in [-0.3, -0.25) is 29.1 Å². The molecule has 0 N–H and O–H groups in total. The van der Waals surface area contributed by atoms with E-state index in [9.17, 15) is 14.4 Å². The fourth-order valence-corrected chi connectivity index (χ4v) is 5.53. The summed E-state index contributed by atoms with van der Waals surface area (Å²) in [5, 5.41) is 1.02. The molecule has 0 saturated carbocycles. The van der Waals surface area contributed by atoms with Crippen molar-refractivity contribution in [1.82, 2.24) is 14.8 Å². The molecule has 0 spiro atoms. The zero-order chi connectivity index (χ0) is 23.7. The Hall–Kier alpha value is -2.85. The van der Waals surface area contributed by atoms with Crippen molar-refractivity contribution in [3.63, 3.8) is 0 Å². The predicted octanol–water partition coefficient (Wildman–Crippen LogP) is 3.30. The maximum Gasteiger partial charge on any atom is 0.262 e. The van der Waals surface area contributed by atoms with Crippen LogP contribution in [0.1, 0.15) is 27.1 Å². The molecule has 0 aliphatic carbocycles. The minimum absolute atomic E-state index is 0.325. The Morgan fingerprint density at radius 3 is 2.44 bits per heavy atom. The summed E-state index contributed by atoms with van der Waals surface area (Å²) in [5.41, 5.74) is 1.28. The first-order valence-electron chi connectivity index (χ1n) is 11.1. The highest BCUT2D eigenvalue weighted by Gasteiger charge is 2.37. The van der Waals surface area contributed by atoms with Gasteiger partial charge in [-0.05, 0) is 30.7 Å². The summed E-state index contributed by atoms with van der Waals surface area (Å²) < 4.78 is 6.27. The lowest BCUT2D eigenvalue weighted by Gasteiger charge is -2.28. The van der Waals surface area contributed by atoms with Gasteiger partial charge in [0, 0.05) is 26.2 Å². The number of halogens is 1. The molecule has 2 aliphatic rings. The summed E-state index contributed by atoms with van der Waals surface area (Å²) in [4.78, 5) is 48.6. The van der Waals surface area contributed by atoms with E-state index < -0.39 is 11.8 Å². The van der Waals surface area contributed by atoms with Gasteiger partial charge in [0.2, 0.25) is 5.91 Å². The van der Waals surface area contributed by atoms with E-state index in [1.807, 2.05) is 12.1 Å². The lowest BCUT2D eigenvalue weighted by atomic mass is 10.1. The highest BCUT2D eigenvalue weighted by molar-refractivity contribution is 7.22. The summed E-state index contributed by atoms with van der Waals surface area (Å²) >= 11 is 7.68. The third-order valence-corrected chi connectivity index (χ3v) is 7.37. The molecule has 2 aromatic carbocycles. The normalized spacial score (nSPS) is 16.3. The zero-order valence-electron chi connectivity index (χ0n) is 18.4. The minimum Gasteiger partial charge on any atom is -0.379 e. The number of rotatable bonds is 7. The lowest BCUT2D eigenvalue weighted by molar-refractivity contribution is -0.119. The summed E-state index contributed by atoms with van der Waals surface area (Å²) in [6.07, 6.45) is 0.720. The van der Waals surface area contributed by atoms with E-state index in [4.69, 9.17) is 16.3 Å². The second kappa shape index (κ2) is 9.79. The average Bonchev–Trinajstić information content (AvgIpc) is 3.39. The van der Waals surface area contributed by atoms with Gasteiger partial charge in [0.05, 0.1) is 34.1 Å². The Labute approximate surface area is 205 Å². The van der Waals surface area contributed by atoms with Gasteiger partial charge in [-0.1, -0.05) is 41.1 Å². The summed E-state index contributed by atoms with van der Waals surface area (Å²) in [5.74, 6) is -1.25. The number of benzene rings is 2. The molecule has 0 bridgehead atoms. The first kappa shape index (κ1) is 22.9. The smallest absolute Gasteiger partial charge is 0.262 e. The van der Waals surface area contributed by atoms with E-state index in [2.05, 4.69) is 9.88 Å². The number of aromatic nitrogens is 1. The van der Waals surface area contributed by atoms with Gasteiger partial charge in [-0.25, -0.2) is 4.98 Å². The van der Waals surface area contributed by atoms with E-state index in [1.165, 1.54) is 11.3 Å². The molecule has 176 valence electrons. The molecule has 10 heteroatoms. The molecule has 1 saturated heterocycles. The predicted molar refractivity (Wildman–Crippen MR) is 131 cm³/mol. The van der Waals surface area contributed by atoms with Crippen molar-refractivity contribution in [1.29, 1.82) is 0 Å². The number of anilines is 1. The van der Waals surface area contributed by atoms with E-state index >= 15 is 0 Å². The van der Waals surface area contributed by atoms with Crippen molar-refractivity contribution < 1.29 is 19.1 Å². The number of amides is 3. The molecule has 5 rings (SSSR count). The number of para-hydroxylation sites is 1. The van der Waals surface area contributed by atoms with Gasteiger partial charge >= 0.3 is 0 Å². The lowest BCUT2D eigenvalue weighted by Crippen LogP contribution is -2.44. The molecule has 0 radical (unpaired) electrons. The van der Waals surface area contributed by atoms with Crippen molar-refractivity contribution >= 4 is 56.0 Å². The number of hydrogen-bond donors (Lipinski definition) is 0. The number of nitrogens with zero attached hydrogens (tertiary/aromatic N) is 4. The second-order valence-corrected chi connectivity index (χ2v) is 9.59. The minimum atomic E-state index is -0.449. The molecule has 8 nitrogen and oxygen atoms in total. The van der Waals surface area contributed by atoms with Crippen molar-refractivity contribution in [2.75, 3.05) is 50.8 Å². The Bertz CT molecular complexity index is 1220. The summed E-state index contributed by atoms with van der Waals surface area (Å²) in [6, 6.07) is 12.1. The maximum absolute atomic E-state index is 13.5. The number of morpholine rings is 1. The Kier molecular flexibility index (Phi) is 6.60. The van der Waals surface area contributed by atoms with Crippen LogP contribution in [0.3, 0.4) is 0 Å². The van der Waals surface area contributed by atoms with Gasteiger partial charge in [0.15, 0.2) is 5.13 Å². The molecule has 3 amide bonds. The third kappa shape index (κ3) is 4.44. The fourth-order valence-electron chi connectivity index (χ4n) is 4.23. The van der Waals surface area contributed by atoms with Crippen LogP contribution in [0.25, 0.3) is 10.2 Å². The van der Waals surface area contributed by atoms with Gasteiger partial charge in [0.25, 0.3) is 11.8 Å². The van der Waals surface area contributed by atoms with Gasteiger partial charge in [-0.2, -0.15) is 0 Å². The van der Waals surface area contributed by atoms with Crippen molar-refractivity contribution in [2.45, 2.75) is 6.42 Å². The largest absolute Gasteiger partial charge is 0.379 e. The molecular formula is C24H23ClN4O4S. The highest BCUT2D eigenvalue weighted by atomic mass is 35.5. The van der Waals surface area contributed by atoms with E-state index in [0.717, 1.165) is 35.7 Å². The van der Waals surface area contributed by atoms with Crippen LogP contribution in [0.2, 0.25) is 5.02 Å². The monoisotopic (exact) mass is 498 g/mol. The topological polar surface area (TPSA) is 83.1 Å². The Morgan fingerprint density at radius 2 is 1.76 bits per heavy atom. The van der Waals surface area contributed by atoms with E-state index in [0.29, 0.717) is 46.6 Å². The fraction of sp³-hybridized carbons (Fsp3) is 0.333. The highest BCUT2D eigenvalue weighted by Crippen LogP contribution is 2.33. The molecule has 0 atom stereocenters. The first-order valence-corrected chi connectivity index (χ1v) is 12.3. The second-order valence-electron chi connectivity index (χ2n) is 8.18. The first-order chi connectivity index (χ1) is 16.5. The molecular weight excluding hydrogens is 476 g/mol. The van der Waals surface area contributed by atoms with Gasteiger partial charge in [0.1, 0.15) is 12.1 Å². The van der Waals surface area contributed by atoms with E-state index in [-0.39, 0.29) is 12.5 Å². The quantitative estimate of drug-likeness (QED) is 0.465. The number of fused-ring (bicyclic) bond motifs is 2. The van der Waals surface area contributed by atoms with Crippen molar-refractivity contribution in [3.05, 3.63) is 58.6 Å². The van der Waals surface area contributed by atoms with Crippen molar-refractivity contribution in [3.8, 4) is 0 Å². The summed E-state index contributed by atoms with van der Waals surface area (Å²) in [6.45, 7) is 4.02. The van der Waals surface area contributed by atoms with Crippen LogP contribution in [0, 0.1) is 0 Å². The molecule has 34 heavy (non-hydrogen) atoms. The number of ether oxygens (including phenoxy) is 1. The average molecular weight is 499 g/mol.